The van der Waals surface area contributed by atoms with E-state index in [0.29, 0.717) is 18.5 Å². The van der Waals surface area contributed by atoms with Crippen molar-refractivity contribution in [2.75, 3.05) is 5.73 Å². The highest BCUT2D eigenvalue weighted by Crippen LogP contribution is 2.23. The molecule has 0 bridgehead atoms. The molecule has 0 aromatic heterocycles. The van der Waals surface area contributed by atoms with Crippen LogP contribution in [0.15, 0.2) is 48.5 Å². The van der Waals surface area contributed by atoms with Gasteiger partial charge < -0.3 is 15.4 Å². The molecule has 5 nitrogen and oxygen atoms in total. The number of benzene rings is 2. The maximum absolute atomic E-state index is 13.0. The van der Waals surface area contributed by atoms with Gasteiger partial charge in [-0.05, 0) is 41.8 Å². The molecule has 1 fully saturated rings. The number of ether oxygens (including phenoxy) is 1. The Labute approximate surface area is 145 Å². The molecule has 3 rings (SSSR count). The lowest BCUT2D eigenvalue weighted by Gasteiger charge is -2.23. The molecule has 0 saturated carbocycles. The van der Waals surface area contributed by atoms with Crippen molar-refractivity contribution in [3.05, 3.63) is 65.5 Å². The quantitative estimate of drug-likeness (QED) is 0.670. The molecular formula is C19H19FN2O3. The molecule has 0 radical (unpaired) electrons. The lowest BCUT2D eigenvalue weighted by atomic mass is 10.2. The highest BCUT2D eigenvalue weighted by molar-refractivity contribution is 5.88. The first kappa shape index (κ1) is 17.0. The van der Waals surface area contributed by atoms with Crippen LogP contribution in [0.4, 0.5) is 10.1 Å². The van der Waals surface area contributed by atoms with Crippen molar-refractivity contribution in [1.82, 2.24) is 4.90 Å². The fourth-order valence-electron chi connectivity index (χ4n) is 2.83. The zero-order chi connectivity index (χ0) is 17.8. The Morgan fingerprint density at radius 2 is 1.76 bits per heavy atom. The lowest BCUT2D eigenvalue weighted by molar-refractivity contribution is -0.153. The molecule has 1 aliphatic rings. The first-order chi connectivity index (χ1) is 12.0. The fraction of sp³-hybridized carbons (Fsp3) is 0.263. The van der Waals surface area contributed by atoms with E-state index >= 15 is 0 Å². The molecule has 1 aliphatic heterocycles. The lowest BCUT2D eigenvalue weighted by Crippen LogP contribution is -2.39. The number of rotatable bonds is 5. The number of likely N-dealkylation sites (tertiary alicyclic amines) is 1. The summed E-state index contributed by atoms with van der Waals surface area (Å²) in [5, 5.41) is 0. The molecule has 130 valence electrons. The van der Waals surface area contributed by atoms with Gasteiger partial charge in [0.05, 0.1) is 0 Å². The summed E-state index contributed by atoms with van der Waals surface area (Å²) in [6.45, 7) is 0.398. The van der Waals surface area contributed by atoms with Crippen LogP contribution in [-0.4, -0.2) is 22.8 Å². The molecule has 1 saturated heterocycles. The summed E-state index contributed by atoms with van der Waals surface area (Å²) in [6.07, 6.45) is 0.740. The molecule has 2 aromatic rings. The average molecular weight is 342 g/mol. The molecule has 0 aliphatic carbocycles. The SMILES string of the molecule is Nc1ccc(COC(=O)[C@@H]2CCC(=O)N2Cc2ccc(F)cc2)cc1. The van der Waals surface area contributed by atoms with Gasteiger partial charge in [-0.25, -0.2) is 9.18 Å². The summed E-state index contributed by atoms with van der Waals surface area (Å²) in [4.78, 5) is 26.0. The summed E-state index contributed by atoms with van der Waals surface area (Å²) in [5.74, 6) is -0.862. The van der Waals surface area contributed by atoms with Gasteiger partial charge >= 0.3 is 5.97 Å². The van der Waals surface area contributed by atoms with Crippen LogP contribution in [0.2, 0.25) is 0 Å². The van der Waals surface area contributed by atoms with E-state index in [4.69, 9.17) is 10.5 Å². The molecule has 0 unspecified atom stereocenters. The summed E-state index contributed by atoms with van der Waals surface area (Å²) < 4.78 is 18.4. The first-order valence-electron chi connectivity index (χ1n) is 8.08. The minimum absolute atomic E-state index is 0.0984. The normalized spacial score (nSPS) is 16.9. The molecule has 2 N–H and O–H groups in total. The Kier molecular flexibility index (Phi) is 4.97. The van der Waals surface area contributed by atoms with Gasteiger partial charge in [-0.2, -0.15) is 0 Å². The minimum atomic E-state index is -0.605. The smallest absolute Gasteiger partial charge is 0.329 e. The number of anilines is 1. The van der Waals surface area contributed by atoms with E-state index in [1.807, 2.05) is 0 Å². The molecule has 2 aromatic carbocycles. The third-order valence-electron chi connectivity index (χ3n) is 4.23. The van der Waals surface area contributed by atoms with E-state index < -0.39 is 12.0 Å². The molecular weight excluding hydrogens is 323 g/mol. The number of nitrogen functional groups attached to an aromatic ring is 1. The third-order valence-corrected chi connectivity index (χ3v) is 4.23. The monoisotopic (exact) mass is 342 g/mol. The van der Waals surface area contributed by atoms with Crippen LogP contribution in [0.25, 0.3) is 0 Å². The first-order valence-corrected chi connectivity index (χ1v) is 8.08. The second kappa shape index (κ2) is 7.34. The largest absolute Gasteiger partial charge is 0.459 e. The predicted octanol–water partition coefficient (Wildman–Crippen LogP) is 2.64. The van der Waals surface area contributed by atoms with Crippen LogP contribution in [0.3, 0.4) is 0 Å². The summed E-state index contributed by atoms with van der Waals surface area (Å²) >= 11 is 0. The molecule has 25 heavy (non-hydrogen) atoms. The second-order valence-electron chi connectivity index (χ2n) is 6.05. The number of esters is 1. The summed E-state index contributed by atoms with van der Waals surface area (Å²) in [7, 11) is 0. The number of hydrogen-bond donors (Lipinski definition) is 1. The second-order valence-corrected chi connectivity index (χ2v) is 6.05. The van der Waals surface area contributed by atoms with Crippen molar-refractivity contribution >= 4 is 17.6 Å². The third kappa shape index (κ3) is 4.15. The highest BCUT2D eigenvalue weighted by Gasteiger charge is 2.37. The Bertz CT molecular complexity index is 759. The van der Waals surface area contributed by atoms with E-state index in [9.17, 15) is 14.0 Å². The van der Waals surface area contributed by atoms with Gasteiger partial charge in [-0.1, -0.05) is 24.3 Å². The molecule has 1 atom stereocenters. The van der Waals surface area contributed by atoms with Crippen molar-refractivity contribution in [1.29, 1.82) is 0 Å². The van der Waals surface area contributed by atoms with Crippen LogP contribution in [0.1, 0.15) is 24.0 Å². The van der Waals surface area contributed by atoms with E-state index in [0.717, 1.165) is 11.1 Å². The Hall–Kier alpha value is -2.89. The molecule has 1 heterocycles. The van der Waals surface area contributed by atoms with Crippen LogP contribution in [0.5, 0.6) is 0 Å². The van der Waals surface area contributed by atoms with Gasteiger partial charge in [-0.15, -0.1) is 0 Å². The minimum Gasteiger partial charge on any atom is -0.459 e. The summed E-state index contributed by atoms with van der Waals surface area (Å²) in [6, 6.07) is 12.3. The van der Waals surface area contributed by atoms with Crippen molar-refractivity contribution < 1.29 is 18.7 Å². The average Bonchev–Trinajstić information content (AvgIpc) is 2.97. The van der Waals surface area contributed by atoms with Crippen LogP contribution < -0.4 is 5.73 Å². The van der Waals surface area contributed by atoms with Crippen molar-refractivity contribution in [2.45, 2.75) is 32.0 Å². The van der Waals surface area contributed by atoms with Gasteiger partial charge in [-0.3, -0.25) is 4.79 Å². The fourth-order valence-corrected chi connectivity index (χ4v) is 2.83. The zero-order valence-electron chi connectivity index (χ0n) is 13.7. The van der Waals surface area contributed by atoms with Crippen molar-refractivity contribution in [2.24, 2.45) is 0 Å². The number of nitrogens with zero attached hydrogens (tertiary/aromatic N) is 1. The van der Waals surface area contributed by atoms with Crippen molar-refractivity contribution in [3.8, 4) is 0 Å². The number of amides is 1. The van der Waals surface area contributed by atoms with Gasteiger partial charge in [0.2, 0.25) is 5.91 Å². The number of nitrogens with two attached hydrogens (primary N) is 1. The van der Waals surface area contributed by atoms with Gasteiger partial charge in [0.15, 0.2) is 0 Å². The number of hydrogen-bond acceptors (Lipinski definition) is 4. The molecule has 0 spiro atoms. The highest BCUT2D eigenvalue weighted by atomic mass is 19.1. The Morgan fingerprint density at radius 3 is 2.44 bits per heavy atom. The zero-order valence-corrected chi connectivity index (χ0v) is 13.7. The van der Waals surface area contributed by atoms with E-state index in [-0.39, 0.29) is 24.9 Å². The van der Waals surface area contributed by atoms with Crippen molar-refractivity contribution in [3.63, 3.8) is 0 Å². The van der Waals surface area contributed by atoms with E-state index in [1.54, 1.807) is 36.4 Å². The van der Waals surface area contributed by atoms with E-state index in [2.05, 4.69) is 0 Å². The maximum Gasteiger partial charge on any atom is 0.329 e. The van der Waals surface area contributed by atoms with Gasteiger partial charge in [0.25, 0.3) is 0 Å². The Balaban J connectivity index is 1.62. The molecule has 1 amide bonds. The summed E-state index contributed by atoms with van der Waals surface area (Å²) in [5.41, 5.74) is 7.87. The predicted molar refractivity (Wildman–Crippen MR) is 90.6 cm³/mol. The topological polar surface area (TPSA) is 72.6 Å². The van der Waals surface area contributed by atoms with Gasteiger partial charge in [0.1, 0.15) is 18.5 Å². The number of carbonyl (C=O) groups excluding carboxylic acids is 2. The number of carbonyl (C=O) groups is 2. The number of halogens is 1. The van der Waals surface area contributed by atoms with Crippen LogP contribution in [-0.2, 0) is 27.5 Å². The van der Waals surface area contributed by atoms with Gasteiger partial charge in [0, 0.05) is 18.7 Å². The van der Waals surface area contributed by atoms with Crippen LogP contribution >= 0.6 is 0 Å². The maximum atomic E-state index is 13.0. The standard InChI is InChI=1S/C19H19FN2O3/c20-15-5-1-13(2-6-15)11-22-17(9-10-18(22)23)19(24)25-12-14-3-7-16(21)8-4-14/h1-8,17H,9-12,21H2/t17-/m0/s1. The Morgan fingerprint density at radius 1 is 1.12 bits per heavy atom. The van der Waals surface area contributed by atoms with Crippen LogP contribution in [0, 0.1) is 5.82 Å². The van der Waals surface area contributed by atoms with E-state index in [1.165, 1.54) is 17.0 Å². The molecule has 6 heteroatoms.